The first-order valence-corrected chi connectivity index (χ1v) is 6.55. The molecule has 0 aliphatic heterocycles. The molecule has 6 nitrogen and oxygen atoms in total. The highest BCUT2D eigenvalue weighted by atomic mass is 79.9. The highest BCUT2D eigenvalue weighted by molar-refractivity contribution is 9.10. The van der Waals surface area contributed by atoms with Gasteiger partial charge in [-0.05, 0) is 48.8 Å². The summed E-state index contributed by atoms with van der Waals surface area (Å²) in [5.41, 5.74) is -0.744. The molecule has 0 spiro atoms. The molecule has 1 rings (SSSR count). The highest BCUT2D eigenvalue weighted by Gasteiger charge is 2.23. The fraction of sp³-hybridized carbons (Fsp3) is 0.385. The maximum atomic E-state index is 11.8. The van der Waals surface area contributed by atoms with Crippen LogP contribution in [0.15, 0.2) is 16.6 Å². The molecule has 0 heterocycles. The zero-order valence-corrected chi connectivity index (χ0v) is 13.2. The van der Waals surface area contributed by atoms with Crippen molar-refractivity contribution in [3.8, 4) is 5.75 Å². The van der Waals surface area contributed by atoms with Crippen LogP contribution in [0.25, 0.3) is 0 Å². The molecular weight excluding hydrogens is 330 g/mol. The molecular formula is C13H16BrNO5. The lowest BCUT2D eigenvalue weighted by Crippen LogP contribution is -2.28. The van der Waals surface area contributed by atoms with Gasteiger partial charge in [-0.3, -0.25) is 5.32 Å². The lowest BCUT2D eigenvalue weighted by atomic mass is 10.1. The third-order valence-corrected chi connectivity index (χ3v) is 2.84. The lowest BCUT2D eigenvalue weighted by Gasteiger charge is -2.21. The van der Waals surface area contributed by atoms with Crippen molar-refractivity contribution in [3.63, 3.8) is 0 Å². The molecule has 0 bridgehead atoms. The van der Waals surface area contributed by atoms with E-state index in [1.807, 2.05) is 0 Å². The highest BCUT2D eigenvalue weighted by Crippen LogP contribution is 2.34. The van der Waals surface area contributed by atoms with Crippen LogP contribution in [-0.2, 0) is 4.74 Å². The number of carboxylic acids is 1. The van der Waals surface area contributed by atoms with Gasteiger partial charge in [0.2, 0.25) is 0 Å². The Balaban J connectivity index is 3.18. The molecule has 0 saturated carbocycles. The van der Waals surface area contributed by atoms with Crippen molar-refractivity contribution >= 4 is 33.7 Å². The number of rotatable bonds is 3. The number of benzene rings is 1. The number of halogens is 1. The van der Waals surface area contributed by atoms with E-state index in [-0.39, 0.29) is 17.0 Å². The number of carboxylic acid groups (broad SMARTS) is 1. The first kappa shape index (κ1) is 16.3. The minimum Gasteiger partial charge on any atom is -0.495 e. The molecule has 0 radical (unpaired) electrons. The summed E-state index contributed by atoms with van der Waals surface area (Å²) in [7, 11) is 1.38. The molecule has 0 fully saturated rings. The summed E-state index contributed by atoms with van der Waals surface area (Å²) in [6.45, 7) is 5.13. The molecule has 110 valence electrons. The second-order valence-electron chi connectivity index (χ2n) is 4.93. The van der Waals surface area contributed by atoms with Gasteiger partial charge in [0.15, 0.2) is 0 Å². The minimum atomic E-state index is -1.19. The Hall–Kier alpha value is -1.76. The largest absolute Gasteiger partial charge is 0.495 e. The number of ether oxygens (including phenoxy) is 2. The van der Waals surface area contributed by atoms with Crippen molar-refractivity contribution in [2.75, 3.05) is 12.4 Å². The third-order valence-electron chi connectivity index (χ3n) is 2.18. The Morgan fingerprint density at radius 1 is 1.30 bits per heavy atom. The van der Waals surface area contributed by atoms with Crippen LogP contribution in [0.1, 0.15) is 31.1 Å². The summed E-state index contributed by atoms with van der Waals surface area (Å²) >= 11 is 3.13. The van der Waals surface area contributed by atoms with E-state index in [4.69, 9.17) is 9.47 Å². The van der Waals surface area contributed by atoms with Gasteiger partial charge in [0.1, 0.15) is 22.6 Å². The number of nitrogens with one attached hydrogen (secondary N) is 1. The van der Waals surface area contributed by atoms with Crippen molar-refractivity contribution < 1.29 is 24.2 Å². The summed E-state index contributed by atoms with van der Waals surface area (Å²) in [5.74, 6) is -0.960. The molecule has 0 saturated heterocycles. The van der Waals surface area contributed by atoms with Gasteiger partial charge in [0, 0.05) is 4.47 Å². The van der Waals surface area contributed by atoms with Crippen LogP contribution in [0, 0.1) is 0 Å². The molecule has 1 aromatic carbocycles. The van der Waals surface area contributed by atoms with Gasteiger partial charge in [-0.25, -0.2) is 9.59 Å². The maximum absolute atomic E-state index is 11.8. The number of hydrogen-bond donors (Lipinski definition) is 2. The van der Waals surface area contributed by atoms with Crippen molar-refractivity contribution in [2.24, 2.45) is 0 Å². The van der Waals surface area contributed by atoms with Crippen molar-refractivity contribution in [2.45, 2.75) is 26.4 Å². The predicted molar refractivity (Wildman–Crippen MR) is 77.5 cm³/mol. The summed E-state index contributed by atoms with van der Waals surface area (Å²) in [6.07, 6.45) is -0.753. The number of carbonyl (C=O) groups is 2. The van der Waals surface area contributed by atoms with E-state index in [2.05, 4.69) is 21.2 Å². The predicted octanol–water partition coefficient (Wildman–Crippen LogP) is 3.50. The quantitative estimate of drug-likeness (QED) is 0.875. The van der Waals surface area contributed by atoms with Gasteiger partial charge in [-0.1, -0.05) is 0 Å². The number of hydrogen-bond acceptors (Lipinski definition) is 4. The number of methoxy groups -OCH3 is 1. The van der Waals surface area contributed by atoms with Crippen molar-refractivity contribution in [3.05, 3.63) is 22.2 Å². The summed E-state index contributed by atoms with van der Waals surface area (Å²) in [4.78, 5) is 23.1. The average molecular weight is 346 g/mol. The van der Waals surface area contributed by atoms with E-state index in [1.165, 1.54) is 13.2 Å². The molecule has 1 amide bonds. The van der Waals surface area contributed by atoms with Crippen LogP contribution in [0.5, 0.6) is 5.75 Å². The number of amides is 1. The molecule has 0 aliphatic carbocycles. The maximum Gasteiger partial charge on any atom is 0.412 e. The van der Waals surface area contributed by atoms with Crippen LogP contribution in [-0.4, -0.2) is 29.9 Å². The normalized spacial score (nSPS) is 10.8. The molecule has 2 N–H and O–H groups in total. The number of anilines is 1. The zero-order chi connectivity index (χ0) is 15.5. The Morgan fingerprint density at radius 3 is 2.35 bits per heavy atom. The summed E-state index contributed by atoms with van der Waals surface area (Å²) in [5, 5.41) is 11.6. The van der Waals surface area contributed by atoms with Crippen LogP contribution in [0.3, 0.4) is 0 Å². The number of carbonyl (C=O) groups excluding carboxylic acids is 1. The smallest absolute Gasteiger partial charge is 0.412 e. The second-order valence-corrected chi connectivity index (χ2v) is 5.79. The third kappa shape index (κ3) is 4.12. The van der Waals surface area contributed by atoms with E-state index in [1.54, 1.807) is 26.8 Å². The molecule has 7 heteroatoms. The van der Waals surface area contributed by atoms with Gasteiger partial charge < -0.3 is 14.6 Å². The Kier molecular flexibility index (Phi) is 4.99. The van der Waals surface area contributed by atoms with Crippen LogP contribution in [0.4, 0.5) is 10.5 Å². The molecule has 0 unspecified atom stereocenters. The van der Waals surface area contributed by atoms with Gasteiger partial charge in [0.25, 0.3) is 0 Å². The van der Waals surface area contributed by atoms with Gasteiger partial charge in [0.05, 0.1) is 7.11 Å². The van der Waals surface area contributed by atoms with E-state index < -0.39 is 17.7 Å². The van der Waals surface area contributed by atoms with Crippen LogP contribution in [0.2, 0.25) is 0 Å². The zero-order valence-electron chi connectivity index (χ0n) is 11.6. The SMILES string of the molecule is COc1ccc(Br)c(C(=O)O)c1NC(=O)OC(C)(C)C. The first-order chi connectivity index (χ1) is 9.15. The van der Waals surface area contributed by atoms with Gasteiger partial charge in [-0.2, -0.15) is 0 Å². The molecule has 0 aliphatic rings. The Labute approximate surface area is 125 Å². The standard InChI is InChI=1S/C13H16BrNO5/c1-13(2,3)20-12(18)15-10-8(19-4)6-5-7(14)9(10)11(16)17/h5-6H,1-4H3,(H,15,18)(H,16,17). The monoisotopic (exact) mass is 345 g/mol. The minimum absolute atomic E-state index is 0.0450. The van der Waals surface area contributed by atoms with Crippen LogP contribution < -0.4 is 10.1 Å². The molecule has 20 heavy (non-hydrogen) atoms. The van der Waals surface area contributed by atoms with Crippen molar-refractivity contribution in [1.29, 1.82) is 0 Å². The molecule has 1 aromatic rings. The average Bonchev–Trinajstić information content (AvgIpc) is 2.26. The van der Waals surface area contributed by atoms with E-state index in [9.17, 15) is 14.7 Å². The van der Waals surface area contributed by atoms with E-state index >= 15 is 0 Å². The summed E-state index contributed by atoms with van der Waals surface area (Å²) < 4.78 is 10.5. The van der Waals surface area contributed by atoms with Crippen molar-refractivity contribution in [1.82, 2.24) is 0 Å². The Morgan fingerprint density at radius 2 is 1.90 bits per heavy atom. The van der Waals surface area contributed by atoms with Crippen LogP contribution >= 0.6 is 15.9 Å². The fourth-order valence-corrected chi connectivity index (χ4v) is 1.97. The van der Waals surface area contributed by atoms with Gasteiger partial charge >= 0.3 is 12.1 Å². The van der Waals surface area contributed by atoms with Gasteiger partial charge in [-0.15, -0.1) is 0 Å². The Bertz CT molecular complexity index is 536. The summed E-state index contributed by atoms with van der Waals surface area (Å²) in [6, 6.07) is 3.08. The fourth-order valence-electron chi connectivity index (χ4n) is 1.47. The topological polar surface area (TPSA) is 84.9 Å². The molecule has 0 aromatic heterocycles. The first-order valence-electron chi connectivity index (χ1n) is 5.75. The van der Waals surface area contributed by atoms with E-state index in [0.717, 1.165) is 0 Å². The lowest BCUT2D eigenvalue weighted by molar-refractivity contribution is 0.0635. The second kappa shape index (κ2) is 6.13. The van der Waals surface area contributed by atoms with E-state index in [0.29, 0.717) is 4.47 Å². The molecule has 0 atom stereocenters. The number of aromatic carboxylic acids is 1.